The van der Waals surface area contributed by atoms with Crippen molar-refractivity contribution >= 4 is 17.7 Å². The van der Waals surface area contributed by atoms with Crippen LogP contribution in [0.4, 0.5) is 0 Å². The van der Waals surface area contributed by atoms with E-state index in [0.29, 0.717) is 19.3 Å². The van der Waals surface area contributed by atoms with E-state index in [-0.39, 0.29) is 18.4 Å². The predicted molar refractivity (Wildman–Crippen MR) is 39.8 cm³/mol. The van der Waals surface area contributed by atoms with Crippen LogP contribution >= 0.6 is 0 Å². The monoisotopic (exact) mass is 170 g/mol. The molecule has 0 saturated carbocycles. The minimum Gasteiger partial charge on any atom is -0.368 e. The third-order valence-corrected chi connectivity index (χ3v) is 1.70. The summed E-state index contributed by atoms with van der Waals surface area (Å²) >= 11 is 0. The van der Waals surface area contributed by atoms with Crippen molar-refractivity contribution < 1.29 is 14.4 Å². The van der Waals surface area contributed by atoms with Crippen molar-refractivity contribution in [1.29, 1.82) is 0 Å². The summed E-state index contributed by atoms with van der Waals surface area (Å²) in [5, 5.41) is 0. The highest BCUT2D eigenvalue weighted by Crippen LogP contribution is 2.10. The van der Waals surface area contributed by atoms with E-state index in [1.54, 1.807) is 0 Å². The molecule has 1 fully saturated rings. The largest absolute Gasteiger partial charge is 0.368 e. The van der Waals surface area contributed by atoms with Crippen molar-refractivity contribution in [2.24, 2.45) is 5.73 Å². The van der Waals surface area contributed by atoms with Crippen molar-refractivity contribution in [3.63, 3.8) is 0 Å². The fourth-order valence-corrected chi connectivity index (χ4v) is 1.13. The summed E-state index contributed by atoms with van der Waals surface area (Å²) in [6.07, 6.45) is 1.24. The number of piperidine rings is 1. The van der Waals surface area contributed by atoms with Gasteiger partial charge in [-0.25, -0.2) is 0 Å². The van der Waals surface area contributed by atoms with Gasteiger partial charge in [0.15, 0.2) is 0 Å². The number of amides is 3. The van der Waals surface area contributed by atoms with Crippen LogP contribution in [0.2, 0.25) is 0 Å². The summed E-state index contributed by atoms with van der Waals surface area (Å²) in [5.41, 5.74) is 4.86. The van der Waals surface area contributed by atoms with E-state index in [2.05, 4.69) is 0 Å². The summed E-state index contributed by atoms with van der Waals surface area (Å²) in [4.78, 5) is 33.4. The van der Waals surface area contributed by atoms with Crippen LogP contribution in [0.5, 0.6) is 0 Å². The Morgan fingerprint density at radius 2 is 1.83 bits per heavy atom. The molecule has 2 N–H and O–H groups in total. The molecule has 0 atom stereocenters. The summed E-state index contributed by atoms with van der Waals surface area (Å²) < 4.78 is 0. The molecule has 1 saturated heterocycles. The summed E-state index contributed by atoms with van der Waals surface area (Å²) in [5.74, 6) is -1.26. The highest BCUT2D eigenvalue weighted by Gasteiger charge is 2.26. The fraction of sp³-hybridized carbons (Fsp3) is 0.571. The molecule has 1 aliphatic heterocycles. The lowest BCUT2D eigenvalue weighted by Crippen LogP contribution is -2.44. The normalized spacial score (nSPS) is 18.2. The van der Waals surface area contributed by atoms with Gasteiger partial charge in [-0.2, -0.15) is 0 Å². The third kappa shape index (κ3) is 1.81. The van der Waals surface area contributed by atoms with E-state index in [0.717, 1.165) is 4.90 Å². The molecule has 3 amide bonds. The number of hydrogen-bond donors (Lipinski definition) is 1. The van der Waals surface area contributed by atoms with Gasteiger partial charge in [0.1, 0.15) is 6.54 Å². The van der Waals surface area contributed by atoms with Gasteiger partial charge in [0, 0.05) is 12.8 Å². The molecule has 12 heavy (non-hydrogen) atoms. The number of hydrogen-bond acceptors (Lipinski definition) is 3. The second-order valence-corrected chi connectivity index (χ2v) is 2.69. The topological polar surface area (TPSA) is 80.5 Å². The molecule has 0 unspecified atom stereocenters. The molecule has 0 aliphatic carbocycles. The molecule has 0 spiro atoms. The van der Waals surface area contributed by atoms with Crippen LogP contribution in [0.1, 0.15) is 19.3 Å². The average Bonchev–Trinajstić information content (AvgIpc) is 1.97. The first-order valence-corrected chi connectivity index (χ1v) is 3.73. The Hall–Kier alpha value is -1.39. The zero-order chi connectivity index (χ0) is 9.14. The lowest BCUT2D eigenvalue weighted by molar-refractivity contribution is -0.150. The minimum absolute atomic E-state index is 0.280. The fourth-order valence-electron chi connectivity index (χ4n) is 1.13. The highest BCUT2D eigenvalue weighted by atomic mass is 16.2. The Morgan fingerprint density at radius 1 is 1.33 bits per heavy atom. The first-order chi connectivity index (χ1) is 5.61. The van der Waals surface area contributed by atoms with Gasteiger partial charge in [-0.1, -0.05) is 0 Å². The summed E-state index contributed by atoms with van der Waals surface area (Å²) in [7, 11) is 0. The number of imide groups is 1. The maximum Gasteiger partial charge on any atom is 0.237 e. The number of rotatable bonds is 2. The van der Waals surface area contributed by atoms with Gasteiger partial charge in [0.25, 0.3) is 0 Å². The molecule has 0 aromatic rings. The van der Waals surface area contributed by atoms with E-state index in [9.17, 15) is 14.4 Å². The van der Waals surface area contributed by atoms with Gasteiger partial charge < -0.3 is 5.73 Å². The molecule has 0 aromatic carbocycles. The molecular weight excluding hydrogens is 160 g/mol. The molecule has 5 heteroatoms. The van der Waals surface area contributed by atoms with Crippen molar-refractivity contribution in [2.45, 2.75) is 19.3 Å². The quantitative estimate of drug-likeness (QED) is 0.540. The Balaban J connectivity index is 2.63. The molecule has 0 aromatic heterocycles. The number of carbonyl (C=O) groups is 3. The lowest BCUT2D eigenvalue weighted by atomic mass is 10.1. The second-order valence-electron chi connectivity index (χ2n) is 2.69. The van der Waals surface area contributed by atoms with Crippen LogP contribution in [-0.2, 0) is 14.4 Å². The zero-order valence-electron chi connectivity index (χ0n) is 6.58. The summed E-state index contributed by atoms with van der Waals surface area (Å²) in [6.45, 7) is -0.280. The summed E-state index contributed by atoms with van der Waals surface area (Å²) in [6, 6.07) is 0. The first kappa shape index (κ1) is 8.70. The SMILES string of the molecule is NC(=O)CN1C(=O)CCCC1=O. The average molecular weight is 170 g/mol. The predicted octanol–water partition coefficient (Wildman–Crippen LogP) is -0.989. The Morgan fingerprint density at radius 3 is 2.25 bits per heavy atom. The molecule has 0 bridgehead atoms. The smallest absolute Gasteiger partial charge is 0.237 e. The van der Waals surface area contributed by atoms with Gasteiger partial charge in [-0.3, -0.25) is 19.3 Å². The molecule has 1 aliphatic rings. The van der Waals surface area contributed by atoms with Crippen LogP contribution in [0.25, 0.3) is 0 Å². The first-order valence-electron chi connectivity index (χ1n) is 3.73. The van der Waals surface area contributed by atoms with Gasteiger partial charge in [0.05, 0.1) is 0 Å². The van der Waals surface area contributed by atoms with Gasteiger partial charge in [0.2, 0.25) is 17.7 Å². The van der Waals surface area contributed by atoms with E-state index in [4.69, 9.17) is 5.73 Å². The molecule has 5 nitrogen and oxygen atoms in total. The van der Waals surface area contributed by atoms with E-state index < -0.39 is 5.91 Å². The van der Waals surface area contributed by atoms with Crippen LogP contribution in [-0.4, -0.2) is 29.2 Å². The van der Waals surface area contributed by atoms with Gasteiger partial charge >= 0.3 is 0 Å². The maximum atomic E-state index is 11.0. The molecule has 0 radical (unpaired) electrons. The molecular formula is C7H10N2O3. The second kappa shape index (κ2) is 3.34. The Labute approximate surface area is 69.5 Å². The molecule has 66 valence electrons. The van der Waals surface area contributed by atoms with Crippen molar-refractivity contribution in [1.82, 2.24) is 4.90 Å². The van der Waals surface area contributed by atoms with Gasteiger partial charge in [-0.05, 0) is 6.42 Å². The molecule has 1 heterocycles. The number of primary amides is 1. The number of carbonyl (C=O) groups excluding carboxylic acids is 3. The zero-order valence-corrected chi connectivity index (χ0v) is 6.58. The number of likely N-dealkylation sites (tertiary alicyclic amines) is 1. The van der Waals surface area contributed by atoms with E-state index in [1.807, 2.05) is 0 Å². The van der Waals surface area contributed by atoms with Crippen molar-refractivity contribution in [3.05, 3.63) is 0 Å². The van der Waals surface area contributed by atoms with Crippen LogP contribution < -0.4 is 5.73 Å². The highest BCUT2D eigenvalue weighted by molar-refractivity contribution is 6.00. The Kier molecular flexibility index (Phi) is 2.42. The van der Waals surface area contributed by atoms with Crippen LogP contribution in [0, 0.1) is 0 Å². The molecule has 1 rings (SSSR count). The van der Waals surface area contributed by atoms with Crippen LogP contribution in [0.15, 0.2) is 0 Å². The third-order valence-electron chi connectivity index (χ3n) is 1.70. The minimum atomic E-state index is -0.654. The van der Waals surface area contributed by atoms with E-state index in [1.165, 1.54) is 0 Å². The van der Waals surface area contributed by atoms with Gasteiger partial charge in [-0.15, -0.1) is 0 Å². The Bertz CT molecular complexity index is 221. The van der Waals surface area contributed by atoms with Crippen molar-refractivity contribution in [3.8, 4) is 0 Å². The lowest BCUT2D eigenvalue weighted by Gasteiger charge is -2.22. The van der Waals surface area contributed by atoms with Crippen LogP contribution in [0.3, 0.4) is 0 Å². The number of nitrogens with zero attached hydrogens (tertiary/aromatic N) is 1. The van der Waals surface area contributed by atoms with Crippen molar-refractivity contribution in [2.75, 3.05) is 6.54 Å². The van der Waals surface area contributed by atoms with E-state index >= 15 is 0 Å². The standard InChI is InChI=1S/C7H10N2O3/c8-5(10)4-9-6(11)2-1-3-7(9)12/h1-4H2,(H2,8,10). The number of nitrogens with two attached hydrogens (primary N) is 1. The maximum absolute atomic E-state index is 11.0.